The zero-order valence-corrected chi connectivity index (χ0v) is 12.8. The second kappa shape index (κ2) is 6.65. The number of hydrogen-bond donors (Lipinski definition) is 1. The van der Waals surface area contributed by atoms with E-state index in [2.05, 4.69) is 11.9 Å². The fraction of sp³-hybridized carbons (Fsp3) is 0.643. The molecule has 6 heteroatoms. The lowest BCUT2D eigenvalue weighted by Gasteiger charge is -2.30. The van der Waals surface area contributed by atoms with Crippen molar-refractivity contribution in [1.82, 2.24) is 9.29 Å². The topological polar surface area (TPSA) is 76.3 Å². The summed E-state index contributed by atoms with van der Waals surface area (Å²) in [6.07, 6.45) is 5.80. The third kappa shape index (κ3) is 3.37. The van der Waals surface area contributed by atoms with Gasteiger partial charge in [-0.2, -0.15) is 4.31 Å². The van der Waals surface area contributed by atoms with Gasteiger partial charge >= 0.3 is 0 Å². The van der Waals surface area contributed by atoms with E-state index in [4.69, 9.17) is 5.73 Å². The number of pyridine rings is 1. The second-order valence-electron chi connectivity index (χ2n) is 5.34. The molecule has 112 valence electrons. The van der Waals surface area contributed by atoms with Crippen LogP contribution < -0.4 is 5.73 Å². The predicted molar refractivity (Wildman–Crippen MR) is 78.5 cm³/mol. The van der Waals surface area contributed by atoms with E-state index in [1.165, 1.54) is 19.0 Å². The van der Waals surface area contributed by atoms with Crippen molar-refractivity contribution in [2.24, 2.45) is 11.7 Å². The van der Waals surface area contributed by atoms with Crippen LogP contribution in [0.4, 0.5) is 0 Å². The highest BCUT2D eigenvalue weighted by atomic mass is 32.2. The third-order valence-electron chi connectivity index (χ3n) is 3.91. The van der Waals surface area contributed by atoms with Crippen LogP contribution in [0.2, 0.25) is 0 Å². The van der Waals surface area contributed by atoms with Crippen LogP contribution in [-0.2, 0) is 16.6 Å². The summed E-state index contributed by atoms with van der Waals surface area (Å²) in [5, 5.41) is 0.128. The summed E-state index contributed by atoms with van der Waals surface area (Å²) in [7, 11) is -3.44. The average molecular weight is 297 g/mol. The van der Waals surface area contributed by atoms with E-state index < -0.39 is 10.0 Å². The average Bonchev–Trinajstić information content (AvgIpc) is 2.48. The Hall–Kier alpha value is -0.980. The van der Waals surface area contributed by atoms with Crippen LogP contribution in [0.3, 0.4) is 0 Å². The van der Waals surface area contributed by atoms with E-state index in [0.29, 0.717) is 25.6 Å². The minimum Gasteiger partial charge on any atom is -0.326 e. The minimum atomic E-state index is -3.44. The Bertz CT molecular complexity index is 520. The van der Waals surface area contributed by atoms with E-state index in [1.54, 1.807) is 16.4 Å². The van der Waals surface area contributed by atoms with Gasteiger partial charge in [0.05, 0.1) is 0 Å². The highest BCUT2D eigenvalue weighted by Crippen LogP contribution is 2.25. The first kappa shape index (κ1) is 15.4. The van der Waals surface area contributed by atoms with Gasteiger partial charge in [-0.3, -0.25) is 0 Å². The Morgan fingerprint density at radius 3 is 2.55 bits per heavy atom. The Balaban J connectivity index is 2.07. The molecule has 0 unspecified atom stereocenters. The number of aromatic nitrogens is 1. The molecular weight excluding hydrogens is 274 g/mol. The van der Waals surface area contributed by atoms with Crippen LogP contribution >= 0.6 is 0 Å². The SMILES string of the molecule is CCCC1CCN(S(=O)(=O)c2ccc(CN)cn2)CC1. The van der Waals surface area contributed by atoms with E-state index in [9.17, 15) is 8.42 Å². The van der Waals surface area contributed by atoms with Crippen LogP contribution in [0.1, 0.15) is 38.2 Å². The van der Waals surface area contributed by atoms with Crippen LogP contribution in [0, 0.1) is 5.92 Å². The highest BCUT2D eigenvalue weighted by molar-refractivity contribution is 7.89. The van der Waals surface area contributed by atoms with Gasteiger partial charge in [-0.15, -0.1) is 0 Å². The quantitative estimate of drug-likeness (QED) is 0.898. The van der Waals surface area contributed by atoms with Crippen molar-refractivity contribution in [1.29, 1.82) is 0 Å². The Morgan fingerprint density at radius 2 is 2.05 bits per heavy atom. The maximum Gasteiger partial charge on any atom is 0.260 e. The zero-order valence-electron chi connectivity index (χ0n) is 12.0. The maximum absolute atomic E-state index is 12.5. The number of sulfonamides is 1. The summed E-state index contributed by atoms with van der Waals surface area (Å²) in [5.41, 5.74) is 6.33. The van der Waals surface area contributed by atoms with Crippen molar-refractivity contribution in [3.8, 4) is 0 Å². The van der Waals surface area contributed by atoms with Gasteiger partial charge in [0, 0.05) is 25.8 Å². The molecule has 5 nitrogen and oxygen atoms in total. The summed E-state index contributed by atoms with van der Waals surface area (Å²) >= 11 is 0. The second-order valence-corrected chi connectivity index (χ2v) is 7.23. The molecule has 0 aromatic carbocycles. The normalized spacial score (nSPS) is 18.3. The van der Waals surface area contributed by atoms with E-state index in [1.807, 2.05) is 0 Å². The van der Waals surface area contributed by atoms with Crippen LogP contribution in [0.15, 0.2) is 23.4 Å². The van der Waals surface area contributed by atoms with Gasteiger partial charge in [0.25, 0.3) is 10.0 Å². The molecule has 1 saturated heterocycles. The van der Waals surface area contributed by atoms with Gasteiger partial charge in [-0.25, -0.2) is 13.4 Å². The number of hydrogen-bond acceptors (Lipinski definition) is 4. The molecule has 0 bridgehead atoms. The molecule has 1 aromatic rings. The molecule has 20 heavy (non-hydrogen) atoms. The molecular formula is C14H23N3O2S. The van der Waals surface area contributed by atoms with Crippen molar-refractivity contribution in [2.45, 2.75) is 44.2 Å². The molecule has 2 rings (SSSR count). The van der Waals surface area contributed by atoms with Gasteiger partial charge in [0.2, 0.25) is 0 Å². The summed E-state index contributed by atoms with van der Waals surface area (Å²) in [4.78, 5) is 4.04. The van der Waals surface area contributed by atoms with Gasteiger partial charge < -0.3 is 5.73 Å². The molecule has 1 aliphatic rings. The molecule has 2 heterocycles. The summed E-state index contributed by atoms with van der Waals surface area (Å²) < 4.78 is 26.5. The van der Waals surface area contributed by atoms with Gasteiger partial charge in [-0.1, -0.05) is 25.8 Å². The summed E-state index contributed by atoms with van der Waals surface area (Å²) in [6.45, 7) is 3.75. The largest absolute Gasteiger partial charge is 0.326 e. The lowest BCUT2D eigenvalue weighted by atomic mass is 9.94. The monoisotopic (exact) mass is 297 g/mol. The van der Waals surface area contributed by atoms with Crippen molar-refractivity contribution < 1.29 is 8.42 Å². The van der Waals surface area contributed by atoms with Gasteiger partial charge in [-0.05, 0) is 30.4 Å². The lowest BCUT2D eigenvalue weighted by molar-refractivity contribution is 0.262. The Labute approximate surface area is 121 Å². The first-order chi connectivity index (χ1) is 9.57. The number of piperidine rings is 1. The standard InChI is InChI=1S/C14H23N3O2S/c1-2-3-12-6-8-17(9-7-12)20(18,19)14-5-4-13(10-15)11-16-14/h4-5,11-12H,2-3,6-10,15H2,1H3. The first-order valence-electron chi connectivity index (χ1n) is 7.23. The van der Waals surface area contributed by atoms with Crippen molar-refractivity contribution in [3.63, 3.8) is 0 Å². The van der Waals surface area contributed by atoms with Crippen LogP contribution in [-0.4, -0.2) is 30.8 Å². The van der Waals surface area contributed by atoms with E-state index in [-0.39, 0.29) is 5.03 Å². The Kier molecular flexibility index (Phi) is 5.12. The summed E-state index contributed by atoms with van der Waals surface area (Å²) in [5.74, 6) is 0.666. The molecule has 0 spiro atoms. The molecule has 1 aromatic heterocycles. The first-order valence-corrected chi connectivity index (χ1v) is 8.67. The Morgan fingerprint density at radius 1 is 1.35 bits per heavy atom. The smallest absolute Gasteiger partial charge is 0.260 e. The van der Waals surface area contributed by atoms with Crippen molar-refractivity contribution in [3.05, 3.63) is 23.9 Å². The third-order valence-corrected chi connectivity index (χ3v) is 5.72. The van der Waals surface area contributed by atoms with Crippen molar-refractivity contribution >= 4 is 10.0 Å². The molecule has 2 N–H and O–H groups in total. The summed E-state index contributed by atoms with van der Waals surface area (Å²) in [6, 6.07) is 3.28. The lowest BCUT2D eigenvalue weighted by Crippen LogP contribution is -2.38. The molecule has 0 aliphatic carbocycles. The van der Waals surface area contributed by atoms with Gasteiger partial charge in [0.1, 0.15) is 0 Å². The van der Waals surface area contributed by atoms with E-state index in [0.717, 1.165) is 18.4 Å². The minimum absolute atomic E-state index is 0.128. The molecule has 0 saturated carbocycles. The van der Waals surface area contributed by atoms with Crippen LogP contribution in [0.5, 0.6) is 0 Å². The van der Waals surface area contributed by atoms with Gasteiger partial charge in [0.15, 0.2) is 5.03 Å². The molecule has 0 atom stereocenters. The molecule has 1 aliphatic heterocycles. The molecule has 1 fully saturated rings. The number of rotatable bonds is 5. The zero-order chi connectivity index (χ0) is 14.6. The highest BCUT2D eigenvalue weighted by Gasteiger charge is 2.29. The fourth-order valence-corrected chi connectivity index (χ4v) is 4.05. The van der Waals surface area contributed by atoms with Crippen LogP contribution in [0.25, 0.3) is 0 Å². The number of nitrogens with two attached hydrogens (primary N) is 1. The molecule has 0 radical (unpaired) electrons. The fourth-order valence-electron chi connectivity index (χ4n) is 2.66. The molecule has 0 amide bonds. The van der Waals surface area contributed by atoms with Crippen molar-refractivity contribution in [2.75, 3.05) is 13.1 Å². The van der Waals surface area contributed by atoms with E-state index >= 15 is 0 Å². The maximum atomic E-state index is 12.5. The predicted octanol–water partition coefficient (Wildman–Crippen LogP) is 1.74. The number of nitrogens with zero attached hydrogens (tertiary/aromatic N) is 2.